The molecule has 0 saturated heterocycles. The fourth-order valence-electron chi connectivity index (χ4n) is 8.93. The van der Waals surface area contributed by atoms with Crippen LogP contribution in [0.3, 0.4) is 0 Å². The van der Waals surface area contributed by atoms with E-state index in [4.69, 9.17) is 33.1 Å². The molecule has 39 heteroatoms. The number of aliphatic carboxylic acids is 2. The number of carboxylic acids is 2. The van der Waals surface area contributed by atoms with Gasteiger partial charge in [-0.3, -0.25) is 81.7 Å². The van der Waals surface area contributed by atoms with Crippen LogP contribution in [0.1, 0.15) is 98.2 Å². The van der Waals surface area contributed by atoms with E-state index in [9.17, 15) is 81.8 Å². The number of hydrogen-bond acceptors (Lipinski definition) is 20. The predicted molar refractivity (Wildman–Crippen MR) is 345 cm³/mol. The Morgan fingerprint density at radius 3 is 1.52 bits per heavy atom. The number of guanidine groups is 1. The molecule has 98 heavy (non-hydrogen) atoms. The molecule has 39 nitrogen and oxygen atoms in total. The van der Waals surface area contributed by atoms with Crippen molar-refractivity contribution in [2.45, 2.75) is 166 Å². The molecule has 0 unspecified atom stereocenters. The highest BCUT2D eigenvalue weighted by Gasteiger charge is 2.36. The third-order valence-corrected chi connectivity index (χ3v) is 14.1. The van der Waals surface area contributed by atoms with Crippen LogP contribution < -0.4 is 92.1 Å². The van der Waals surface area contributed by atoms with E-state index in [1.165, 1.54) is 33.3 Å². The minimum atomic E-state index is -1.74. The van der Waals surface area contributed by atoms with Gasteiger partial charge < -0.3 is 112 Å². The second kappa shape index (κ2) is 42.5. The number of H-pyrrole nitrogens is 1. The molecule has 542 valence electrons. The Morgan fingerprint density at radius 2 is 1.00 bits per heavy atom. The highest BCUT2D eigenvalue weighted by atomic mass is 16.4. The number of nitrogens with zero attached hydrogens (tertiary/aromatic N) is 2. The highest BCUT2D eigenvalue weighted by Crippen LogP contribution is 2.12. The molecule has 0 fully saturated rings. The van der Waals surface area contributed by atoms with Crippen molar-refractivity contribution in [3.63, 3.8) is 0 Å². The van der Waals surface area contributed by atoms with E-state index in [1.807, 2.05) is 5.32 Å². The SMILES string of the molecule is CC(C)C[C@H](NC(=O)[C@H](CCCN=C(N)N)NC(=O)[C@H](Cc1cnc[nH]1)NC(=O)[C@@H](NC(=O)CNC(=O)[C@H](C)NC(=O)[C@H](CO)NC(=O)[C@H](Cc1ccccc1)NC(=O)[C@H](C)NC(=O)[C@H](CCC(=O)O)NC(=O)CN)C(C)C)C(=O)N[C@@H](C)C(=O)N[C@@H](CC(N)=O)C(=O)NCC(=O)O. The first-order chi connectivity index (χ1) is 46.0. The van der Waals surface area contributed by atoms with Crippen molar-refractivity contribution < 1.29 is 92.0 Å². The minimum Gasteiger partial charge on any atom is -0.481 e. The normalized spacial score (nSPS) is 14.3. The first-order valence-electron chi connectivity index (χ1n) is 31.0. The van der Waals surface area contributed by atoms with Crippen LogP contribution in [0.4, 0.5) is 0 Å². The summed E-state index contributed by atoms with van der Waals surface area (Å²) >= 11 is 0. The lowest BCUT2D eigenvalue weighted by atomic mass is 10.0. The average molecular weight is 1390 g/mol. The van der Waals surface area contributed by atoms with Gasteiger partial charge in [0.15, 0.2) is 5.96 Å². The fraction of sp³-hybridized carbons (Fsp3) is 0.559. The van der Waals surface area contributed by atoms with Gasteiger partial charge in [0, 0.05) is 37.7 Å². The number of carbonyl (C=O) groups excluding carboxylic acids is 14. The Hall–Kier alpha value is -10.9. The van der Waals surface area contributed by atoms with E-state index >= 15 is 0 Å². The van der Waals surface area contributed by atoms with E-state index in [1.54, 1.807) is 58.0 Å². The predicted octanol–water partition coefficient (Wildman–Crippen LogP) is -8.65. The van der Waals surface area contributed by atoms with Crippen molar-refractivity contribution in [3.05, 3.63) is 54.1 Å². The van der Waals surface area contributed by atoms with Crippen LogP contribution >= 0.6 is 0 Å². The molecule has 0 spiro atoms. The van der Waals surface area contributed by atoms with Crippen molar-refractivity contribution in [1.82, 2.24) is 79.1 Å². The van der Waals surface area contributed by atoms with E-state index < -0.39 is 206 Å². The maximum Gasteiger partial charge on any atom is 0.322 e. The van der Waals surface area contributed by atoms with E-state index in [0.29, 0.717) is 11.3 Å². The number of rotatable bonds is 44. The monoisotopic (exact) mass is 1380 g/mol. The van der Waals surface area contributed by atoms with Crippen LogP contribution in [0, 0.1) is 11.8 Å². The highest BCUT2D eigenvalue weighted by molar-refractivity contribution is 6.00. The number of aromatic amines is 1. The topological polar surface area (TPSA) is 635 Å². The van der Waals surface area contributed by atoms with Gasteiger partial charge in [-0.1, -0.05) is 58.0 Å². The summed E-state index contributed by atoms with van der Waals surface area (Å²) in [6, 6.07) is -8.05. The summed E-state index contributed by atoms with van der Waals surface area (Å²) in [5.74, 6) is -17.3. The zero-order chi connectivity index (χ0) is 73.9. The Bertz CT molecular complexity index is 3130. The van der Waals surface area contributed by atoms with Gasteiger partial charge in [-0.15, -0.1) is 0 Å². The number of imidazole rings is 1. The largest absolute Gasteiger partial charge is 0.481 e. The quantitative estimate of drug-likeness (QED) is 0.0166. The molecule has 0 saturated carbocycles. The number of aliphatic hydroxyl groups is 1. The van der Waals surface area contributed by atoms with Crippen LogP contribution in [0.2, 0.25) is 0 Å². The van der Waals surface area contributed by atoms with Gasteiger partial charge in [0.05, 0.1) is 32.4 Å². The summed E-state index contributed by atoms with van der Waals surface area (Å²) in [6.45, 7) is 6.99. The number of carboxylic acid groups (broad SMARTS) is 2. The van der Waals surface area contributed by atoms with Crippen LogP contribution in [0.5, 0.6) is 0 Å². The van der Waals surface area contributed by atoms with Gasteiger partial charge in [-0.2, -0.15) is 0 Å². The van der Waals surface area contributed by atoms with Crippen molar-refractivity contribution >= 4 is 101 Å². The lowest BCUT2D eigenvalue weighted by molar-refractivity contribution is -0.139. The number of aliphatic imine (C=N–C) groups is 1. The number of aromatic nitrogens is 2. The van der Waals surface area contributed by atoms with Crippen molar-refractivity contribution in [2.24, 2.45) is 39.8 Å². The fourth-order valence-corrected chi connectivity index (χ4v) is 8.93. The number of nitrogens with one attached hydrogen (secondary N) is 14. The molecule has 1 aromatic carbocycles. The molecule has 2 rings (SSSR count). The summed E-state index contributed by atoms with van der Waals surface area (Å²) in [4.78, 5) is 220. The van der Waals surface area contributed by atoms with Crippen LogP contribution in [-0.2, 0) is 89.6 Å². The number of carbonyl (C=O) groups is 16. The van der Waals surface area contributed by atoms with Gasteiger partial charge >= 0.3 is 11.9 Å². The van der Waals surface area contributed by atoms with Crippen molar-refractivity contribution in [3.8, 4) is 0 Å². The summed E-state index contributed by atoms with van der Waals surface area (Å²) in [5, 5.41) is 59.4. The number of amides is 14. The Kier molecular flexibility index (Phi) is 36.1. The molecule has 25 N–H and O–H groups in total. The molecule has 1 heterocycles. The van der Waals surface area contributed by atoms with Gasteiger partial charge in [-0.05, 0) is 63.9 Å². The molecule has 0 aliphatic carbocycles. The first-order valence-corrected chi connectivity index (χ1v) is 31.0. The zero-order valence-electron chi connectivity index (χ0n) is 55.3. The lowest BCUT2D eigenvalue weighted by Crippen LogP contribution is -2.60. The molecule has 1 aromatic heterocycles. The molecular weight excluding hydrogens is 1290 g/mol. The maximum atomic E-state index is 14.4. The van der Waals surface area contributed by atoms with E-state index in [-0.39, 0.29) is 56.9 Å². The van der Waals surface area contributed by atoms with E-state index in [2.05, 4.69) is 78.8 Å². The molecule has 11 atom stereocenters. The van der Waals surface area contributed by atoms with Gasteiger partial charge in [0.1, 0.15) is 73.0 Å². The summed E-state index contributed by atoms with van der Waals surface area (Å²) in [7, 11) is 0. The summed E-state index contributed by atoms with van der Waals surface area (Å²) in [5.41, 5.74) is 22.4. The second-order valence-electron chi connectivity index (χ2n) is 23.3. The maximum absolute atomic E-state index is 14.4. The van der Waals surface area contributed by atoms with Crippen LogP contribution in [0.15, 0.2) is 47.8 Å². The molecule has 14 amide bonds. The Labute approximate surface area is 563 Å². The number of nitrogens with two attached hydrogens (primary N) is 4. The number of primary amides is 1. The molecule has 2 aromatic rings. The Balaban J connectivity index is 2.27. The van der Waals surface area contributed by atoms with Crippen molar-refractivity contribution in [2.75, 3.05) is 32.8 Å². The van der Waals surface area contributed by atoms with Gasteiger partial charge in [-0.25, -0.2) is 4.98 Å². The smallest absolute Gasteiger partial charge is 0.322 e. The average Bonchev–Trinajstić information content (AvgIpc) is 1.02. The molecular formula is C59H92N20O19. The number of aliphatic hydroxyl groups excluding tert-OH is 1. The first kappa shape index (κ1) is 83.2. The molecule has 0 aliphatic heterocycles. The third kappa shape index (κ3) is 31.6. The Morgan fingerprint density at radius 1 is 0.510 bits per heavy atom. The zero-order valence-corrected chi connectivity index (χ0v) is 55.3. The third-order valence-electron chi connectivity index (χ3n) is 14.1. The van der Waals surface area contributed by atoms with Gasteiger partial charge in [0.25, 0.3) is 0 Å². The molecule has 0 aliphatic rings. The molecule has 0 radical (unpaired) electrons. The van der Waals surface area contributed by atoms with E-state index in [0.717, 1.165) is 0 Å². The number of hydrogen-bond donors (Lipinski definition) is 21. The minimum absolute atomic E-state index is 0.0317. The van der Waals surface area contributed by atoms with Crippen molar-refractivity contribution in [1.29, 1.82) is 0 Å². The number of benzene rings is 1. The standard InChI is InChI=1S/C59H92N20O19/c1-28(2)18-37(54(94)71-32(7)50(90)75-40(21-42(61)81)51(91)67-25-46(86)87)76-53(93)35(14-11-17-65-59(62)63)73-56(96)39(20-34-23-64-27-68-34)77-58(98)47(29(3)4)79-44(83)24-66-48(88)30(5)69-57(97)41(26-80)78-55(95)38(19-33-12-9-8-10-13-33)74-49(89)31(6)70-52(92)36(15-16-45(84)85)72-43(82)22-60/h8-10,12-13,23,27-32,35-41,47,80H,11,14-22,24-26,60H2,1-7H3,(H2,61,81)(H,64,68)(H,66,88)(H,67,91)(H,69,97)(H,70,92)(H,71,94)(H,72,82)(H,73,96)(H,74,89)(H,75,90)(H,76,93)(H,77,98)(H,78,95)(H,79,83)(H,84,85)(H,86,87)(H4,62,63,65)/t30-,31-,32-,35-,36-,37-,38-,39-,40-,41-,47-/m0/s1. The summed E-state index contributed by atoms with van der Waals surface area (Å²) in [6.07, 6.45) is 0.446. The second-order valence-corrected chi connectivity index (χ2v) is 23.3. The van der Waals surface area contributed by atoms with Gasteiger partial charge in [0.2, 0.25) is 82.7 Å². The lowest BCUT2D eigenvalue weighted by Gasteiger charge is -2.28. The summed E-state index contributed by atoms with van der Waals surface area (Å²) < 4.78 is 0. The van der Waals surface area contributed by atoms with Crippen LogP contribution in [0.25, 0.3) is 0 Å². The molecule has 0 bridgehead atoms. The van der Waals surface area contributed by atoms with Crippen LogP contribution in [-0.4, -0.2) is 225 Å².